The maximum Gasteiger partial charge on any atom is 0.335 e. The minimum atomic E-state index is -1.19. The molecule has 0 unspecified atom stereocenters. The number of aromatic amines is 1. The molecule has 1 aromatic heterocycles. The molecular weight excluding hydrogens is 251 g/mol. The highest BCUT2D eigenvalue weighted by Crippen LogP contribution is 2.14. The second kappa shape index (κ2) is 5.01. The van der Waals surface area contributed by atoms with Gasteiger partial charge in [0.25, 0.3) is 5.56 Å². The highest BCUT2D eigenvalue weighted by molar-refractivity contribution is 5.87. The molecule has 0 spiro atoms. The van der Waals surface area contributed by atoms with Crippen molar-refractivity contribution < 1.29 is 14.3 Å². The molecule has 1 heterocycles. The monoisotopic (exact) mass is 262 g/mol. The summed E-state index contributed by atoms with van der Waals surface area (Å²) < 4.78 is 13.7. The van der Waals surface area contributed by atoms with E-state index in [1.165, 1.54) is 12.1 Å². The van der Waals surface area contributed by atoms with Crippen molar-refractivity contribution in [2.75, 3.05) is 0 Å². The summed E-state index contributed by atoms with van der Waals surface area (Å²) in [5.41, 5.74) is 0.765. The van der Waals surface area contributed by atoms with Gasteiger partial charge in [0.2, 0.25) is 0 Å². The van der Waals surface area contributed by atoms with Gasteiger partial charge in [-0.3, -0.25) is 4.79 Å². The Morgan fingerprint density at radius 3 is 2.74 bits per heavy atom. The molecule has 2 rings (SSSR count). The lowest BCUT2D eigenvalue weighted by Crippen LogP contribution is -2.15. The van der Waals surface area contributed by atoms with Crippen LogP contribution >= 0.6 is 0 Å². The van der Waals surface area contributed by atoms with Crippen LogP contribution in [0.25, 0.3) is 0 Å². The number of H-pyrrole nitrogens is 1. The van der Waals surface area contributed by atoms with Crippen LogP contribution in [0, 0.1) is 12.7 Å². The van der Waals surface area contributed by atoms with Crippen LogP contribution < -0.4 is 5.56 Å². The van der Waals surface area contributed by atoms with Crippen molar-refractivity contribution in [3.8, 4) is 0 Å². The molecule has 0 aliphatic carbocycles. The summed E-state index contributed by atoms with van der Waals surface area (Å²) in [5, 5.41) is 14.8. The van der Waals surface area contributed by atoms with Crippen LogP contribution in [0.2, 0.25) is 0 Å². The molecule has 0 amide bonds. The van der Waals surface area contributed by atoms with Gasteiger partial charge in [-0.25, -0.2) is 14.3 Å². The zero-order valence-corrected chi connectivity index (χ0v) is 10.1. The maximum absolute atomic E-state index is 13.7. The molecule has 5 nitrogen and oxygen atoms in total. The first-order chi connectivity index (χ1) is 8.97. The Hall–Kier alpha value is -2.50. The number of hydrogen-bond acceptors (Lipinski definition) is 3. The summed E-state index contributed by atoms with van der Waals surface area (Å²) in [6.07, 6.45) is 0.0877. The van der Waals surface area contributed by atoms with E-state index in [1.807, 2.05) is 0 Å². The number of benzene rings is 1. The number of rotatable bonds is 3. The molecule has 2 N–H and O–H groups in total. The number of nitrogens with zero attached hydrogens (tertiary/aromatic N) is 1. The highest BCUT2D eigenvalue weighted by atomic mass is 19.1. The first kappa shape index (κ1) is 12.9. The van der Waals surface area contributed by atoms with Crippen molar-refractivity contribution in [2.45, 2.75) is 13.3 Å². The van der Waals surface area contributed by atoms with Crippen LogP contribution in [-0.4, -0.2) is 21.3 Å². The second-order valence-electron chi connectivity index (χ2n) is 4.15. The Kier molecular flexibility index (Phi) is 3.41. The molecule has 6 heteroatoms. The number of carboxylic acid groups (broad SMARTS) is 1. The molecule has 0 atom stereocenters. The van der Waals surface area contributed by atoms with Gasteiger partial charge in [0.1, 0.15) is 5.82 Å². The Morgan fingerprint density at radius 1 is 1.37 bits per heavy atom. The molecule has 0 fully saturated rings. The molecule has 0 bridgehead atoms. The summed E-state index contributed by atoms with van der Waals surface area (Å²) in [4.78, 5) is 22.2. The second-order valence-corrected chi connectivity index (χ2v) is 4.15. The van der Waals surface area contributed by atoms with E-state index < -0.39 is 11.8 Å². The Morgan fingerprint density at radius 2 is 2.11 bits per heavy atom. The Labute approximate surface area is 107 Å². The summed E-state index contributed by atoms with van der Waals surface area (Å²) >= 11 is 0. The molecule has 0 radical (unpaired) electrons. The predicted octanol–water partition coefficient (Wildman–Crippen LogP) is 1.51. The number of nitrogens with one attached hydrogen (secondary N) is 1. The van der Waals surface area contributed by atoms with Crippen LogP contribution in [0.4, 0.5) is 4.39 Å². The van der Waals surface area contributed by atoms with Crippen molar-refractivity contribution in [2.24, 2.45) is 0 Å². The van der Waals surface area contributed by atoms with E-state index in [-0.39, 0.29) is 23.1 Å². The Balaban J connectivity index is 2.36. The molecule has 19 heavy (non-hydrogen) atoms. The van der Waals surface area contributed by atoms with Crippen LogP contribution in [-0.2, 0) is 6.42 Å². The quantitative estimate of drug-likeness (QED) is 0.878. The SMILES string of the molecule is Cc1cc(Cc2ccc(C(=O)O)cc2F)c(=O)[nH]n1. The first-order valence-corrected chi connectivity index (χ1v) is 5.54. The zero-order chi connectivity index (χ0) is 14.0. The number of hydrogen-bond donors (Lipinski definition) is 2. The van der Waals surface area contributed by atoms with Crippen LogP contribution in [0.5, 0.6) is 0 Å². The van der Waals surface area contributed by atoms with E-state index in [0.29, 0.717) is 11.3 Å². The Bertz CT molecular complexity index is 695. The van der Waals surface area contributed by atoms with Gasteiger partial charge in [-0.1, -0.05) is 6.07 Å². The molecular formula is C13H11FN2O3. The molecule has 0 saturated heterocycles. The molecule has 1 aromatic carbocycles. The van der Waals surface area contributed by atoms with Gasteiger partial charge in [-0.15, -0.1) is 0 Å². The fourth-order valence-corrected chi connectivity index (χ4v) is 1.72. The van der Waals surface area contributed by atoms with E-state index in [1.54, 1.807) is 13.0 Å². The number of aromatic carboxylic acids is 1. The van der Waals surface area contributed by atoms with Crippen LogP contribution in [0.3, 0.4) is 0 Å². The summed E-state index contributed by atoms with van der Waals surface area (Å²) in [7, 11) is 0. The van der Waals surface area contributed by atoms with Crippen molar-refractivity contribution in [3.05, 3.63) is 62.8 Å². The van der Waals surface area contributed by atoms with Gasteiger partial charge in [-0.05, 0) is 30.7 Å². The highest BCUT2D eigenvalue weighted by Gasteiger charge is 2.10. The molecule has 0 aliphatic rings. The molecule has 0 aliphatic heterocycles. The number of aromatic nitrogens is 2. The normalized spacial score (nSPS) is 10.4. The molecule has 98 valence electrons. The van der Waals surface area contributed by atoms with E-state index in [0.717, 1.165) is 6.07 Å². The van der Waals surface area contributed by atoms with Gasteiger partial charge in [-0.2, -0.15) is 5.10 Å². The van der Waals surface area contributed by atoms with Crippen molar-refractivity contribution >= 4 is 5.97 Å². The third-order valence-electron chi connectivity index (χ3n) is 2.69. The van der Waals surface area contributed by atoms with Gasteiger partial charge in [0.15, 0.2) is 0 Å². The average Bonchev–Trinajstić information content (AvgIpc) is 2.36. The third kappa shape index (κ3) is 2.85. The van der Waals surface area contributed by atoms with Crippen LogP contribution in [0.1, 0.15) is 27.2 Å². The van der Waals surface area contributed by atoms with Gasteiger partial charge in [0.05, 0.1) is 11.3 Å². The van der Waals surface area contributed by atoms with Gasteiger partial charge >= 0.3 is 5.97 Å². The largest absolute Gasteiger partial charge is 0.478 e. The topological polar surface area (TPSA) is 83.0 Å². The lowest BCUT2D eigenvalue weighted by Gasteiger charge is -2.04. The number of carboxylic acids is 1. The third-order valence-corrected chi connectivity index (χ3v) is 2.69. The predicted molar refractivity (Wildman–Crippen MR) is 65.8 cm³/mol. The van der Waals surface area contributed by atoms with E-state index in [9.17, 15) is 14.0 Å². The number of halogens is 1. The average molecular weight is 262 g/mol. The zero-order valence-electron chi connectivity index (χ0n) is 10.1. The fourth-order valence-electron chi connectivity index (χ4n) is 1.72. The smallest absolute Gasteiger partial charge is 0.335 e. The van der Waals surface area contributed by atoms with E-state index in [2.05, 4.69) is 10.2 Å². The maximum atomic E-state index is 13.7. The minimum Gasteiger partial charge on any atom is -0.478 e. The summed E-state index contributed by atoms with van der Waals surface area (Å²) in [6, 6.07) is 5.19. The number of carbonyl (C=O) groups is 1. The van der Waals surface area contributed by atoms with E-state index >= 15 is 0 Å². The molecule has 0 saturated carbocycles. The number of aryl methyl sites for hydroxylation is 1. The minimum absolute atomic E-state index is 0.0877. The van der Waals surface area contributed by atoms with Gasteiger partial charge in [0, 0.05) is 12.0 Å². The lowest BCUT2D eigenvalue weighted by atomic mass is 10.0. The van der Waals surface area contributed by atoms with Crippen molar-refractivity contribution in [3.63, 3.8) is 0 Å². The lowest BCUT2D eigenvalue weighted by molar-refractivity contribution is 0.0696. The van der Waals surface area contributed by atoms with Crippen LogP contribution in [0.15, 0.2) is 29.1 Å². The summed E-state index contributed by atoms with van der Waals surface area (Å²) in [6.45, 7) is 1.71. The van der Waals surface area contributed by atoms with E-state index in [4.69, 9.17) is 5.11 Å². The van der Waals surface area contributed by atoms with Crippen molar-refractivity contribution in [1.29, 1.82) is 0 Å². The fraction of sp³-hybridized carbons (Fsp3) is 0.154. The standard InChI is InChI=1S/C13H11FN2O3/c1-7-4-10(12(17)16-15-7)5-8-2-3-9(13(18)19)6-11(8)14/h2-4,6H,5H2,1H3,(H,16,17)(H,18,19). The first-order valence-electron chi connectivity index (χ1n) is 5.54. The summed E-state index contributed by atoms with van der Waals surface area (Å²) in [5.74, 6) is -1.84. The molecule has 2 aromatic rings. The van der Waals surface area contributed by atoms with Crippen molar-refractivity contribution in [1.82, 2.24) is 10.2 Å². The van der Waals surface area contributed by atoms with Gasteiger partial charge < -0.3 is 5.11 Å².